The molecule has 0 saturated heterocycles. The monoisotopic (exact) mass is 210 g/mol. The Morgan fingerprint density at radius 1 is 1.27 bits per heavy atom. The molecule has 0 amide bonds. The number of hydrogen-bond acceptors (Lipinski definition) is 1. The lowest BCUT2D eigenvalue weighted by atomic mass is 9.88. The van der Waals surface area contributed by atoms with Gasteiger partial charge in [-0.1, -0.05) is 19.9 Å². The Morgan fingerprint density at radius 3 is 2.33 bits per heavy atom. The minimum atomic E-state index is -0.650. The van der Waals surface area contributed by atoms with Gasteiger partial charge in [0.25, 0.3) is 0 Å². The fraction of sp³-hybridized carbons (Fsp3) is 0.538. The van der Waals surface area contributed by atoms with Crippen molar-refractivity contribution in [3.8, 4) is 0 Å². The summed E-state index contributed by atoms with van der Waals surface area (Å²) < 4.78 is 12.9. The molecule has 84 valence electrons. The lowest BCUT2D eigenvalue weighted by Gasteiger charge is -2.26. The number of rotatable bonds is 4. The molecule has 0 bridgehead atoms. The molecule has 0 heterocycles. The third-order valence-electron chi connectivity index (χ3n) is 3.14. The predicted octanol–water partition coefficient (Wildman–Crippen LogP) is 3.23. The topological polar surface area (TPSA) is 20.2 Å². The van der Waals surface area contributed by atoms with Crippen LogP contribution >= 0.6 is 0 Å². The molecule has 0 fully saturated rings. The molecule has 0 aliphatic rings. The van der Waals surface area contributed by atoms with Gasteiger partial charge >= 0.3 is 0 Å². The summed E-state index contributed by atoms with van der Waals surface area (Å²) in [6, 6.07) is 4.73. The van der Waals surface area contributed by atoms with Crippen LogP contribution in [-0.4, -0.2) is 10.7 Å². The van der Waals surface area contributed by atoms with E-state index in [0.29, 0.717) is 6.42 Å². The second-order valence-electron chi connectivity index (χ2n) is 4.18. The van der Waals surface area contributed by atoms with Crippen LogP contribution in [0.5, 0.6) is 0 Å². The fourth-order valence-electron chi connectivity index (χ4n) is 1.71. The van der Waals surface area contributed by atoms with E-state index in [4.69, 9.17) is 0 Å². The first-order valence-corrected chi connectivity index (χ1v) is 5.48. The molecule has 0 aliphatic carbocycles. The largest absolute Gasteiger partial charge is 0.390 e. The number of halogens is 1. The summed E-state index contributed by atoms with van der Waals surface area (Å²) in [4.78, 5) is 0. The van der Waals surface area contributed by atoms with E-state index in [1.807, 2.05) is 20.8 Å². The summed E-state index contributed by atoms with van der Waals surface area (Å²) in [7, 11) is 0. The summed E-state index contributed by atoms with van der Waals surface area (Å²) in [6.07, 6.45) is 2.05. The standard InChI is InChI=1S/C13H19FO/c1-4-13(15,5-2)9-11-6-7-12(14)8-10(11)3/h6-8,15H,4-5,9H2,1-3H3. The quantitative estimate of drug-likeness (QED) is 0.809. The molecule has 1 nitrogen and oxygen atoms in total. The van der Waals surface area contributed by atoms with E-state index in [-0.39, 0.29) is 5.82 Å². The summed E-state index contributed by atoms with van der Waals surface area (Å²) >= 11 is 0. The van der Waals surface area contributed by atoms with Crippen molar-refractivity contribution in [2.24, 2.45) is 0 Å². The van der Waals surface area contributed by atoms with Crippen molar-refractivity contribution < 1.29 is 9.50 Å². The highest BCUT2D eigenvalue weighted by atomic mass is 19.1. The average molecular weight is 210 g/mol. The highest BCUT2D eigenvalue weighted by molar-refractivity contribution is 5.27. The van der Waals surface area contributed by atoms with E-state index in [9.17, 15) is 9.50 Å². The van der Waals surface area contributed by atoms with Gasteiger partial charge in [0.1, 0.15) is 5.82 Å². The van der Waals surface area contributed by atoms with Gasteiger partial charge in [-0.25, -0.2) is 4.39 Å². The normalized spacial score (nSPS) is 11.8. The molecule has 0 radical (unpaired) electrons. The number of aliphatic hydroxyl groups is 1. The Balaban J connectivity index is 2.89. The van der Waals surface area contributed by atoms with Crippen LogP contribution < -0.4 is 0 Å². The fourth-order valence-corrected chi connectivity index (χ4v) is 1.71. The highest BCUT2D eigenvalue weighted by Gasteiger charge is 2.23. The van der Waals surface area contributed by atoms with Gasteiger partial charge in [-0.15, -0.1) is 0 Å². The first-order chi connectivity index (χ1) is 7.00. The minimum absolute atomic E-state index is 0.215. The second kappa shape index (κ2) is 4.75. The molecule has 15 heavy (non-hydrogen) atoms. The van der Waals surface area contributed by atoms with Gasteiger partial charge in [0, 0.05) is 6.42 Å². The Labute approximate surface area is 90.9 Å². The molecule has 0 saturated carbocycles. The van der Waals surface area contributed by atoms with E-state index in [1.54, 1.807) is 6.07 Å². The van der Waals surface area contributed by atoms with E-state index in [1.165, 1.54) is 12.1 Å². The minimum Gasteiger partial charge on any atom is -0.390 e. The predicted molar refractivity (Wildman–Crippen MR) is 60.4 cm³/mol. The van der Waals surface area contributed by atoms with Gasteiger partial charge in [-0.05, 0) is 43.0 Å². The Hall–Kier alpha value is -0.890. The van der Waals surface area contributed by atoms with Crippen molar-refractivity contribution in [3.63, 3.8) is 0 Å². The smallest absolute Gasteiger partial charge is 0.123 e. The van der Waals surface area contributed by atoms with Crippen LogP contribution in [-0.2, 0) is 6.42 Å². The molecule has 1 rings (SSSR count). The Kier molecular flexibility index (Phi) is 3.86. The molecule has 1 aromatic rings. The lowest BCUT2D eigenvalue weighted by molar-refractivity contribution is 0.0325. The summed E-state index contributed by atoms with van der Waals surface area (Å²) in [5, 5.41) is 10.2. The maximum absolute atomic E-state index is 12.9. The van der Waals surface area contributed by atoms with Gasteiger partial charge in [0.2, 0.25) is 0 Å². The maximum Gasteiger partial charge on any atom is 0.123 e. The molecular formula is C13H19FO. The van der Waals surface area contributed by atoms with Crippen LogP contribution in [0.25, 0.3) is 0 Å². The van der Waals surface area contributed by atoms with Gasteiger partial charge in [-0.3, -0.25) is 0 Å². The lowest BCUT2D eigenvalue weighted by Crippen LogP contribution is -2.29. The SMILES string of the molecule is CCC(O)(CC)Cc1ccc(F)cc1C. The molecule has 0 spiro atoms. The van der Waals surface area contributed by atoms with Crippen molar-refractivity contribution in [2.45, 2.75) is 45.6 Å². The number of aryl methyl sites for hydroxylation is 1. The van der Waals surface area contributed by atoms with Crippen LogP contribution in [0.4, 0.5) is 4.39 Å². The van der Waals surface area contributed by atoms with E-state index in [2.05, 4.69) is 0 Å². The van der Waals surface area contributed by atoms with Gasteiger partial charge in [0.05, 0.1) is 5.60 Å². The van der Waals surface area contributed by atoms with Crippen LogP contribution in [0, 0.1) is 12.7 Å². The molecule has 0 aromatic heterocycles. The van der Waals surface area contributed by atoms with Crippen molar-refractivity contribution in [1.29, 1.82) is 0 Å². The Bertz CT molecular complexity index is 329. The van der Waals surface area contributed by atoms with E-state index in [0.717, 1.165) is 24.0 Å². The van der Waals surface area contributed by atoms with Gasteiger partial charge in [-0.2, -0.15) is 0 Å². The van der Waals surface area contributed by atoms with Crippen molar-refractivity contribution in [3.05, 3.63) is 35.1 Å². The molecule has 1 aromatic carbocycles. The number of benzene rings is 1. The third-order valence-corrected chi connectivity index (χ3v) is 3.14. The van der Waals surface area contributed by atoms with Crippen LogP contribution in [0.15, 0.2) is 18.2 Å². The zero-order valence-corrected chi connectivity index (χ0v) is 9.68. The number of hydrogen-bond donors (Lipinski definition) is 1. The molecule has 0 aliphatic heterocycles. The van der Waals surface area contributed by atoms with Crippen LogP contribution in [0.1, 0.15) is 37.8 Å². The van der Waals surface area contributed by atoms with E-state index < -0.39 is 5.60 Å². The molecule has 2 heteroatoms. The van der Waals surface area contributed by atoms with Gasteiger partial charge < -0.3 is 5.11 Å². The molecule has 0 atom stereocenters. The second-order valence-corrected chi connectivity index (χ2v) is 4.18. The van der Waals surface area contributed by atoms with Crippen LogP contribution in [0.2, 0.25) is 0 Å². The molecule has 0 unspecified atom stereocenters. The zero-order chi connectivity index (χ0) is 11.5. The first-order valence-electron chi connectivity index (χ1n) is 5.48. The average Bonchev–Trinajstić information content (AvgIpc) is 2.22. The Morgan fingerprint density at radius 2 is 1.87 bits per heavy atom. The summed E-state index contributed by atoms with van der Waals surface area (Å²) in [5.74, 6) is -0.215. The molecular weight excluding hydrogens is 191 g/mol. The highest BCUT2D eigenvalue weighted by Crippen LogP contribution is 2.23. The van der Waals surface area contributed by atoms with Gasteiger partial charge in [0.15, 0.2) is 0 Å². The zero-order valence-electron chi connectivity index (χ0n) is 9.68. The molecule has 1 N–H and O–H groups in total. The van der Waals surface area contributed by atoms with Crippen molar-refractivity contribution in [1.82, 2.24) is 0 Å². The third kappa shape index (κ3) is 3.03. The van der Waals surface area contributed by atoms with E-state index >= 15 is 0 Å². The first kappa shape index (κ1) is 12.2. The van der Waals surface area contributed by atoms with Crippen molar-refractivity contribution in [2.75, 3.05) is 0 Å². The van der Waals surface area contributed by atoms with Crippen molar-refractivity contribution >= 4 is 0 Å². The van der Waals surface area contributed by atoms with Crippen LogP contribution in [0.3, 0.4) is 0 Å². The maximum atomic E-state index is 12.9. The summed E-state index contributed by atoms with van der Waals surface area (Å²) in [6.45, 7) is 5.83. The summed E-state index contributed by atoms with van der Waals surface area (Å²) in [5.41, 5.74) is 1.29.